The van der Waals surface area contributed by atoms with Crippen LogP contribution in [0.1, 0.15) is 173 Å². The second kappa shape index (κ2) is 48.0. The summed E-state index contributed by atoms with van der Waals surface area (Å²) in [6.45, 7) is 17.1. The number of nitrogens with one attached hydrogen (secondary N) is 2. The number of aliphatic hydroxyl groups excluding tert-OH is 1. The molecule has 20 heterocycles. The highest BCUT2D eigenvalue weighted by molar-refractivity contribution is 9.13. The van der Waals surface area contributed by atoms with Crippen LogP contribution in [0.25, 0.3) is 33.4 Å². The molecule has 0 bridgehead atoms. The summed E-state index contributed by atoms with van der Waals surface area (Å²) in [5, 5.41) is 49.5. The number of alkyl halides is 6. The van der Waals surface area contributed by atoms with Gasteiger partial charge in [-0.1, -0.05) is 15.5 Å². The third-order valence-corrected chi connectivity index (χ3v) is 29.9. The summed E-state index contributed by atoms with van der Waals surface area (Å²) in [4.78, 5) is 92.3. The van der Waals surface area contributed by atoms with Crippen molar-refractivity contribution in [3.05, 3.63) is 227 Å². The summed E-state index contributed by atoms with van der Waals surface area (Å²) in [5.74, 6) is 3.34. The Bertz CT molecular complexity index is 6760. The quantitative estimate of drug-likeness (QED) is 0.0713. The number of hydrogen-bond donors (Lipinski definition) is 3. The summed E-state index contributed by atoms with van der Waals surface area (Å²) in [6.07, 6.45) is 14.5. The largest absolute Gasteiger partial charge is 0.472 e. The minimum Gasteiger partial charge on any atom is -0.472 e. The standard InChI is InChI=1S/C24H26F3N5O4.C23H26BrN5O4.C19H18F3N5O3.C13H18BrN3O3.C9H10Br2N2O2.C4H2Br2N2O/c1-14-21(15(2)36-30-14)16-6-8-28-19(11-16)35-17-7-9-31(13-17)18-12-29-32(20-5-3-4-10-34-20)23(33)22(18)24(25,26)27;1-14-21(15(2)33-27-14)16-6-8-25-19(11-16)32-17-7-9-28(13-17)18-12-26-29(23(30)22(18)24)20-5-3-4-10-31-20;1-10-16(11(2)30-26-10)12-3-5-23-15(7-12)29-13-4-6-27(9-13)14-8-24-25-18(28)17(14)19(20,21)22;14-12-10(16-5-4-9(18)8-16)7-15-17(13(12)19)11-3-1-2-6-20-11;10-6-5-12-13(9(14)8(6)11)7-3-1-2-4-15-7;5-2-1-7-8-4(9)3(2)6/h6,8,11-12,17,20H,3-5,7,9-10,13H2,1-2H3;6,8,11-12,17,20H,3-5,7,9-10,13H2,1-2H3;3,5,7-8,13H,4,6,9H2,1-2H3,(H,25,28);7,9,11,18H,1-6,8H2;5,7H,1-4H2;1H,(H,8,9)/t2*17-,20?;13-;9-,11?;;/m1111../s1. The number of hydrogen-bond acceptors (Lipinski definition) is 33. The first-order valence-corrected chi connectivity index (χ1v) is 50.8. The van der Waals surface area contributed by atoms with E-state index in [1.807, 2.05) is 62.8 Å². The number of aliphatic hydroxyl groups is 1. The van der Waals surface area contributed by atoms with Crippen LogP contribution in [0.3, 0.4) is 0 Å². The van der Waals surface area contributed by atoms with Crippen LogP contribution in [0.4, 0.5) is 49.1 Å². The van der Waals surface area contributed by atoms with Crippen molar-refractivity contribution < 1.29 is 78.2 Å². The molecule has 8 atom stereocenters. The monoisotopic (exact) mass is 2370 g/mol. The summed E-state index contributed by atoms with van der Waals surface area (Å²) in [6, 6.07) is 10.9. The predicted octanol–water partition coefficient (Wildman–Crippen LogP) is 16.5. The molecule has 0 saturated carbocycles. The lowest BCUT2D eigenvalue weighted by atomic mass is 10.1. The van der Waals surface area contributed by atoms with Crippen molar-refractivity contribution >= 4 is 118 Å². The molecule has 8 saturated heterocycles. The van der Waals surface area contributed by atoms with E-state index in [2.05, 4.69) is 167 Å². The van der Waals surface area contributed by atoms with Gasteiger partial charge in [0.2, 0.25) is 17.6 Å². The molecule has 0 spiro atoms. The van der Waals surface area contributed by atoms with Crippen LogP contribution in [0.15, 0.2) is 161 Å². The molecule has 12 aromatic heterocycles. The van der Waals surface area contributed by atoms with Crippen molar-refractivity contribution in [2.75, 3.05) is 98.4 Å². The first-order chi connectivity index (χ1) is 68.5. The third kappa shape index (κ3) is 26.0. The van der Waals surface area contributed by atoms with Gasteiger partial charge < -0.3 is 71.4 Å². The SMILES string of the molecule is Cc1noc(C)c1-c1ccnc(O[C@@H]2CCN(c3cn[nH]c(=O)c3C(F)(F)F)C2)c1.Cc1noc(C)c1-c1ccnc(O[C@@H]2CCN(c3cnn(C4CCCCO4)c(=O)c3Br)C2)c1.Cc1noc(C)c1-c1ccnc(O[C@@H]2CCN(c3cnn(C4CCCCO4)c(=O)c3C(F)(F)F)C2)c1.O=c1[nH]ncc(Br)c1Br.O=c1c(Br)c(Br)cnn1C1CCCCO1.O=c1c(Br)c(N2CC[C@@H](O)C2)cnn1C1CCCCO1. The van der Waals surface area contributed by atoms with Gasteiger partial charge in [0.1, 0.15) is 60.1 Å². The topological polar surface area (TPSA) is 446 Å². The lowest BCUT2D eigenvalue weighted by molar-refractivity contribution is -0.140. The van der Waals surface area contributed by atoms with Crippen LogP contribution < -0.4 is 67.2 Å². The van der Waals surface area contributed by atoms with Crippen molar-refractivity contribution in [3.8, 4) is 51.0 Å². The van der Waals surface area contributed by atoms with Crippen LogP contribution in [0, 0.1) is 41.5 Å². The average Bonchev–Trinajstić information content (AvgIpc) is 1.50. The number of aryl methyl sites for hydroxylation is 6. The number of anilines is 4. The van der Waals surface area contributed by atoms with Gasteiger partial charge in [-0.25, -0.2) is 29.8 Å². The average molecular weight is 2380 g/mol. The van der Waals surface area contributed by atoms with Crippen LogP contribution in [0.5, 0.6) is 17.6 Å². The minimum atomic E-state index is -4.84. The molecule has 39 nitrogen and oxygen atoms in total. The van der Waals surface area contributed by atoms with Gasteiger partial charge in [-0.15, -0.1) is 0 Å². The maximum Gasteiger partial charge on any atom is 0.423 e. The molecule has 20 rings (SSSR count). The Balaban J connectivity index is 0.000000135. The Morgan fingerprint density at radius 3 is 1.05 bits per heavy atom. The van der Waals surface area contributed by atoms with Gasteiger partial charge >= 0.3 is 12.4 Å². The summed E-state index contributed by atoms with van der Waals surface area (Å²) >= 11 is 19.5. The lowest BCUT2D eigenvalue weighted by Gasteiger charge is -2.26. The van der Waals surface area contributed by atoms with Gasteiger partial charge in [-0.2, -0.15) is 71.0 Å². The number of ether oxygens (including phenoxy) is 7. The van der Waals surface area contributed by atoms with Gasteiger partial charge in [-0.3, -0.25) is 28.8 Å². The first-order valence-electron chi connectivity index (χ1n) is 46.1. The number of rotatable bonds is 17. The molecule has 0 amide bonds. The van der Waals surface area contributed by atoms with E-state index in [0.717, 1.165) is 181 Å². The highest BCUT2D eigenvalue weighted by Gasteiger charge is 2.44. The van der Waals surface area contributed by atoms with Crippen molar-refractivity contribution in [2.45, 2.75) is 206 Å². The lowest BCUT2D eigenvalue weighted by Crippen LogP contribution is -2.38. The van der Waals surface area contributed by atoms with Crippen molar-refractivity contribution in [1.82, 2.24) is 89.9 Å². The van der Waals surface area contributed by atoms with Crippen molar-refractivity contribution in [2.24, 2.45) is 0 Å². The van der Waals surface area contributed by atoms with E-state index in [0.29, 0.717) is 121 Å². The number of nitrogens with zero attached hydrogens (tertiary/aromatic N) is 20. The molecule has 0 aromatic carbocycles. The smallest absolute Gasteiger partial charge is 0.423 e. The zero-order valence-corrected chi connectivity index (χ0v) is 87.6. The molecule has 3 N–H and O–H groups in total. The molecule has 0 aliphatic carbocycles. The van der Waals surface area contributed by atoms with E-state index < -0.39 is 53.0 Å². The van der Waals surface area contributed by atoms with E-state index in [9.17, 15) is 60.2 Å². The Morgan fingerprint density at radius 2 is 0.706 bits per heavy atom. The van der Waals surface area contributed by atoms with Gasteiger partial charge in [0, 0.05) is 132 Å². The maximum atomic E-state index is 14.0. The Morgan fingerprint density at radius 1 is 0.378 bits per heavy atom. The second-order valence-electron chi connectivity index (χ2n) is 34.6. The molecule has 4 unspecified atom stereocenters. The van der Waals surface area contributed by atoms with Crippen molar-refractivity contribution in [3.63, 3.8) is 0 Å². The molecular weight excluding hydrogens is 2280 g/mol. The van der Waals surface area contributed by atoms with Crippen LogP contribution in [-0.2, 0) is 31.3 Å². The van der Waals surface area contributed by atoms with Crippen molar-refractivity contribution in [1.29, 1.82) is 0 Å². The number of aromatic amines is 2. The van der Waals surface area contributed by atoms with E-state index in [-0.39, 0.29) is 84.1 Å². The molecule has 12 aromatic rings. The summed E-state index contributed by atoms with van der Waals surface area (Å²) in [5.41, 5.74) is 2.93. The number of pyridine rings is 3. The fourth-order valence-electron chi connectivity index (χ4n) is 17.6. The van der Waals surface area contributed by atoms with Crippen LogP contribution >= 0.6 is 95.6 Å². The van der Waals surface area contributed by atoms with Crippen LogP contribution in [-0.4, -0.2) is 198 Å². The highest BCUT2D eigenvalue weighted by atomic mass is 79.9. The van der Waals surface area contributed by atoms with Gasteiger partial charge in [0.15, 0.2) is 24.9 Å². The summed E-state index contributed by atoms with van der Waals surface area (Å²) < 4.78 is 147. The first kappa shape index (κ1) is 106. The molecule has 8 aliphatic rings. The molecule has 143 heavy (non-hydrogen) atoms. The van der Waals surface area contributed by atoms with E-state index in [4.69, 9.17) is 46.7 Å². The van der Waals surface area contributed by atoms with E-state index >= 15 is 0 Å². The van der Waals surface area contributed by atoms with Gasteiger partial charge in [0.05, 0.1) is 116 Å². The van der Waals surface area contributed by atoms with Crippen LogP contribution in [0.2, 0.25) is 0 Å². The number of aromatic nitrogens is 18. The Hall–Kier alpha value is -10.8. The van der Waals surface area contributed by atoms with Gasteiger partial charge in [-0.05, 0) is 255 Å². The fraction of sp³-hybridized carbons (Fsp3) is 0.478. The predicted molar refractivity (Wildman–Crippen MR) is 529 cm³/mol. The Labute approximate surface area is 862 Å². The highest BCUT2D eigenvalue weighted by Crippen LogP contribution is 2.41. The maximum absolute atomic E-state index is 14.0. The fourth-order valence-corrected chi connectivity index (χ4v) is 19.7. The third-order valence-electron chi connectivity index (χ3n) is 24.6. The van der Waals surface area contributed by atoms with Gasteiger partial charge in [0.25, 0.3) is 33.4 Å². The zero-order chi connectivity index (χ0) is 102. The summed E-state index contributed by atoms with van der Waals surface area (Å²) in [7, 11) is 0. The molecule has 764 valence electrons. The Kier molecular flexibility index (Phi) is 35.8. The molecule has 8 fully saturated rings. The molecule has 0 radical (unpaired) electrons. The minimum absolute atomic E-state index is 0.0478. The normalized spacial score (nSPS) is 20.2. The molecular formula is C92H100Br6F6N22O17. The second-order valence-corrected chi connectivity index (χ2v) is 39.4. The zero-order valence-electron chi connectivity index (χ0n) is 78.0. The molecule has 8 aliphatic heterocycles. The van der Waals surface area contributed by atoms with E-state index in [1.165, 1.54) is 30.0 Å². The molecule has 51 heteroatoms. The number of β-amino-alcohol motifs (C(OH)–C–C–N with tert-alkyl or cyclic N) is 1. The number of halogens is 12. The van der Waals surface area contributed by atoms with E-state index in [1.54, 1.807) is 62.3 Å². The number of H-pyrrole nitrogens is 2.